The fraction of sp³-hybridized carbons (Fsp3) is 0.125. The second-order valence-electron chi connectivity index (χ2n) is 4.36. The maximum atomic E-state index is 10.2. The van der Waals surface area contributed by atoms with Gasteiger partial charge in [-0.1, -0.05) is 42.1 Å². The Hall–Kier alpha value is -1.87. The lowest BCUT2D eigenvalue weighted by Gasteiger charge is -2.22. The molecule has 0 radical (unpaired) electrons. The molecule has 3 rings (SSSR count). The van der Waals surface area contributed by atoms with Crippen LogP contribution in [0.5, 0.6) is 0 Å². The zero-order valence-electron chi connectivity index (χ0n) is 10.6. The molecule has 2 aliphatic rings. The van der Waals surface area contributed by atoms with E-state index >= 15 is 0 Å². The Morgan fingerprint density at radius 1 is 1.11 bits per heavy atom. The molecule has 0 bridgehead atoms. The summed E-state index contributed by atoms with van der Waals surface area (Å²) in [6, 6.07) is 10.1. The number of thioether (sulfide) groups is 1. The summed E-state index contributed by atoms with van der Waals surface area (Å²) in [5.74, 6) is 1.21. The normalized spacial score (nSPS) is 18.3. The molecule has 0 fully saturated rings. The summed E-state index contributed by atoms with van der Waals surface area (Å²) < 4.78 is 5.26. The first-order chi connectivity index (χ1) is 9.28. The van der Waals surface area contributed by atoms with Crippen molar-refractivity contribution in [2.45, 2.75) is 6.42 Å². The predicted molar refractivity (Wildman–Crippen MR) is 79.5 cm³/mol. The van der Waals surface area contributed by atoms with Crippen LogP contribution in [-0.4, -0.2) is 12.2 Å². The van der Waals surface area contributed by atoms with Crippen LogP contribution in [-0.2, 0) is 4.74 Å². The Labute approximate surface area is 116 Å². The van der Waals surface area contributed by atoms with Gasteiger partial charge in [-0.05, 0) is 30.2 Å². The molecule has 1 aliphatic carbocycles. The van der Waals surface area contributed by atoms with E-state index in [1.54, 1.807) is 18.9 Å². The van der Waals surface area contributed by atoms with Crippen LogP contribution in [0.25, 0.3) is 4.91 Å². The number of benzene rings is 1. The lowest BCUT2D eigenvalue weighted by atomic mass is 10.0. The van der Waals surface area contributed by atoms with Crippen molar-refractivity contribution in [3.05, 3.63) is 76.1 Å². The van der Waals surface area contributed by atoms with E-state index in [1.165, 1.54) is 0 Å². The van der Waals surface area contributed by atoms with Crippen LogP contribution < -0.4 is 0 Å². The Kier molecular flexibility index (Phi) is 3.22. The summed E-state index contributed by atoms with van der Waals surface area (Å²) in [6.07, 6.45) is 6.53. The minimum atomic E-state index is 0.357. The Morgan fingerprint density at radius 2 is 1.89 bits per heavy atom. The number of methoxy groups -OCH3 is 1. The van der Waals surface area contributed by atoms with Crippen LogP contribution >= 0.6 is 11.8 Å². The number of hydrogen-bond acceptors (Lipinski definition) is 3. The number of allylic oxidation sites excluding steroid dienone is 4. The first-order valence-corrected chi connectivity index (χ1v) is 6.93. The monoisotopic (exact) mass is 270 g/mol. The Morgan fingerprint density at radius 3 is 2.63 bits per heavy atom. The van der Waals surface area contributed by atoms with Gasteiger partial charge in [-0.15, -0.1) is 0 Å². The lowest BCUT2D eigenvalue weighted by molar-refractivity contribution is 0.304. The first kappa shape index (κ1) is 12.2. The van der Waals surface area contributed by atoms with Crippen molar-refractivity contribution in [2.24, 2.45) is 0 Å². The van der Waals surface area contributed by atoms with Gasteiger partial charge in [0.1, 0.15) is 11.5 Å². The van der Waals surface area contributed by atoms with Gasteiger partial charge in [0.15, 0.2) is 0 Å². The minimum absolute atomic E-state index is 0.357. The summed E-state index contributed by atoms with van der Waals surface area (Å²) in [4.78, 5) is 2.13. The van der Waals surface area contributed by atoms with E-state index in [2.05, 4.69) is 0 Å². The van der Waals surface area contributed by atoms with E-state index in [-0.39, 0.29) is 0 Å². The van der Waals surface area contributed by atoms with E-state index in [0.29, 0.717) is 12.2 Å². The quantitative estimate of drug-likeness (QED) is 0.863. The largest absolute Gasteiger partial charge is 0.508 e. The molecule has 1 aromatic rings. The van der Waals surface area contributed by atoms with Gasteiger partial charge < -0.3 is 9.84 Å². The molecule has 0 atom stereocenters. The van der Waals surface area contributed by atoms with Crippen molar-refractivity contribution in [3.8, 4) is 0 Å². The standard InChI is InChI=1S/C16H14O2S/c1-18-12-7-8-13-14(17)10-15(19-16(13)9-12)11-5-3-2-4-6-11/h2-7,9-10,17H,8H2,1H3. The lowest BCUT2D eigenvalue weighted by Crippen LogP contribution is -2.03. The minimum Gasteiger partial charge on any atom is -0.508 e. The Balaban J connectivity index is 1.99. The fourth-order valence-corrected chi connectivity index (χ4v) is 3.29. The van der Waals surface area contributed by atoms with Crippen molar-refractivity contribution in [1.82, 2.24) is 0 Å². The van der Waals surface area contributed by atoms with Gasteiger partial charge in [-0.2, -0.15) is 0 Å². The van der Waals surface area contributed by atoms with Gasteiger partial charge in [0, 0.05) is 15.4 Å². The molecule has 19 heavy (non-hydrogen) atoms. The SMILES string of the molecule is COC1=CCC2=C(O)C=C(c3ccccc3)SC2=C1. The van der Waals surface area contributed by atoms with Gasteiger partial charge in [0.2, 0.25) is 0 Å². The van der Waals surface area contributed by atoms with Gasteiger partial charge in [-0.25, -0.2) is 0 Å². The molecule has 1 heterocycles. The van der Waals surface area contributed by atoms with Crippen molar-refractivity contribution >= 4 is 16.7 Å². The number of ether oxygens (including phenoxy) is 1. The molecular weight excluding hydrogens is 256 g/mol. The van der Waals surface area contributed by atoms with Gasteiger partial charge in [-0.3, -0.25) is 0 Å². The number of fused-ring (bicyclic) bond motifs is 1. The van der Waals surface area contributed by atoms with Gasteiger partial charge in [0.25, 0.3) is 0 Å². The molecule has 1 aliphatic heterocycles. The zero-order chi connectivity index (χ0) is 13.2. The number of aliphatic hydroxyl groups excluding tert-OH is 1. The second-order valence-corrected chi connectivity index (χ2v) is 5.45. The molecule has 1 N–H and O–H groups in total. The third kappa shape index (κ3) is 2.34. The summed E-state index contributed by atoms with van der Waals surface area (Å²) in [6.45, 7) is 0. The third-order valence-corrected chi connectivity index (χ3v) is 4.33. The highest BCUT2D eigenvalue weighted by atomic mass is 32.2. The highest BCUT2D eigenvalue weighted by Gasteiger charge is 2.22. The van der Waals surface area contributed by atoms with Crippen LogP contribution in [0.4, 0.5) is 0 Å². The van der Waals surface area contributed by atoms with Crippen LogP contribution in [0.1, 0.15) is 12.0 Å². The molecule has 1 aromatic carbocycles. The number of hydrogen-bond donors (Lipinski definition) is 1. The average Bonchev–Trinajstić information content (AvgIpc) is 2.47. The molecule has 0 unspecified atom stereocenters. The average molecular weight is 270 g/mol. The number of aliphatic hydroxyl groups is 1. The van der Waals surface area contributed by atoms with Crippen LogP contribution in [0, 0.1) is 0 Å². The van der Waals surface area contributed by atoms with Crippen molar-refractivity contribution in [2.75, 3.05) is 7.11 Å². The zero-order valence-corrected chi connectivity index (χ0v) is 11.4. The van der Waals surface area contributed by atoms with E-state index < -0.39 is 0 Å². The van der Waals surface area contributed by atoms with Crippen molar-refractivity contribution in [3.63, 3.8) is 0 Å². The fourth-order valence-electron chi connectivity index (χ4n) is 2.15. The Bertz CT molecular complexity index is 621. The predicted octanol–water partition coefficient (Wildman–Crippen LogP) is 4.40. The van der Waals surface area contributed by atoms with Crippen molar-refractivity contribution < 1.29 is 9.84 Å². The maximum absolute atomic E-state index is 10.2. The summed E-state index contributed by atoms with van der Waals surface area (Å²) >= 11 is 1.67. The molecule has 0 amide bonds. The maximum Gasteiger partial charge on any atom is 0.121 e. The van der Waals surface area contributed by atoms with Crippen LogP contribution in [0.3, 0.4) is 0 Å². The molecule has 0 spiro atoms. The molecular formula is C16H14O2S. The second kappa shape index (κ2) is 5.02. The molecule has 0 saturated heterocycles. The molecule has 3 heteroatoms. The van der Waals surface area contributed by atoms with E-state index in [9.17, 15) is 5.11 Å². The van der Waals surface area contributed by atoms with E-state index in [0.717, 1.165) is 26.7 Å². The van der Waals surface area contributed by atoms with Crippen LogP contribution in [0.2, 0.25) is 0 Å². The van der Waals surface area contributed by atoms with E-state index in [4.69, 9.17) is 4.74 Å². The summed E-state index contributed by atoms with van der Waals surface area (Å²) in [5, 5.41) is 10.2. The summed E-state index contributed by atoms with van der Waals surface area (Å²) in [5.41, 5.74) is 2.10. The topological polar surface area (TPSA) is 29.5 Å². The third-order valence-electron chi connectivity index (χ3n) is 3.17. The first-order valence-electron chi connectivity index (χ1n) is 6.11. The summed E-state index contributed by atoms with van der Waals surface area (Å²) in [7, 11) is 1.67. The molecule has 2 nitrogen and oxygen atoms in total. The molecule has 0 saturated carbocycles. The van der Waals surface area contributed by atoms with Gasteiger partial charge >= 0.3 is 0 Å². The van der Waals surface area contributed by atoms with Crippen molar-refractivity contribution in [1.29, 1.82) is 0 Å². The van der Waals surface area contributed by atoms with Crippen LogP contribution in [0.15, 0.2) is 70.6 Å². The molecule has 0 aromatic heterocycles. The smallest absolute Gasteiger partial charge is 0.121 e. The van der Waals surface area contributed by atoms with E-state index in [1.807, 2.05) is 48.6 Å². The van der Waals surface area contributed by atoms with Gasteiger partial charge in [0.05, 0.1) is 7.11 Å². The molecule has 96 valence electrons. The number of rotatable bonds is 2. The highest BCUT2D eigenvalue weighted by Crippen LogP contribution is 2.45. The highest BCUT2D eigenvalue weighted by molar-refractivity contribution is 8.12.